The Labute approximate surface area is 474 Å². The Morgan fingerprint density at radius 1 is 0.415 bits per heavy atom. The molecule has 0 bridgehead atoms. The number of rotatable bonds is 21. The summed E-state index contributed by atoms with van der Waals surface area (Å²) in [6, 6.07) is 41.0. The molecule has 0 spiro atoms. The third kappa shape index (κ3) is 13.0. The van der Waals surface area contributed by atoms with Gasteiger partial charge in [-0.2, -0.15) is 25.3 Å². The number of sulfone groups is 2. The molecule has 8 aromatic rings. The van der Waals surface area contributed by atoms with Gasteiger partial charge in [-0.3, -0.25) is 18.5 Å². The zero-order chi connectivity index (χ0) is 59.8. The average molecular weight is 1210 g/mol. The molecular weight excluding hydrogens is 1160 g/mol. The van der Waals surface area contributed by atoms with E-state index in [1.54, 1.807) is 55.5 Å². The standard InChI is InChI=1S/C58H52O19S5/c1-37-6-8-40(9-7-37)58(4,33-32-56(59)60)41-14-29-51(53(34-41)80(65,66)67)77-45-21-25-47(26-22-45)79(63,64)49-28-31-52(55(36-49)82(71,72)73)76-44-17-12-39(13-18-44)57(2,3)38-10-15-42(16-11-38)75-43-19-23-46(24-20-43)78(61,62)48-27-30-50(74-5)54(35-48)81(68,69)70/h6-31,34-36H,32-33H2,1-5H3,(H,59,60)(H,65,66,67)(H,68,69,70)(H,71,72,73). The lowest BCUT2D eigenvalue weighted by molar-refractivity contribution is -0.137. The number of ether oxygens (including phenoxy) is 4. The molecule has 1 atom stereocenters. The molecule has 4 N–H and O–H groups in total. The Bertz CT molecular complexity index is 4320. The van der Waals surface area contributed by atoms with Gasteiger partial charge in [-0.15, -0.1) is 0 Å². The van der Waals surface area contributed by atoms with Crippen LogP contribution < -0.4 is 18.9 Å². The van der Waals surface area contributed by atoms with Crippen LogP contribution in [0, 0.1) is 6.92 Å². The van der Waals surface area contributed by atoms with E-state index >= 15 is 0 Å². The third-order valence-electron chi connectivity index (χ3n) is 13.7. The molecule has 1 unspecified atom stereocenters. The van der Waals surface area contributed by atoms with Crippen LogP contribution in [-0.2, 0) is 65.7 Å². The van der Waals surface area contributed by atoms with Crippen LogP contribution in [0.5, 0.6) is 40.2 Å². The van der Waals surface area contributed by atoms with Crippen LogP contribution in [0.2, 0.25) is 0 Å². The molecule has 0 saturated heterocycles. The molecular formula is C58H52O19S5. The fraction of sp³-hybridized carbons (Fsp3) is 0.155. The van der Waals surface area contributed by atoms with Crippen molar-refractivity contribution in [2.75, 3.05) is 7.11 Å². The van der Waals surface area contributed by atoms with Gasteiger partial charge in [0, 0.05) is 17.3 Å². The molecule has 0 aromatic heterocycles. The first kappa shape index (κ1) is 60.2. The van der Waals surface area contributed by atoms with E-state index in [2.05, 4.69) is 0 Å². The van der Waals surface area contributed by atoms with Crippen LogP contribution in [0.4, 0.5) is 0 Å². The largest absolute Gasteiger partial charge is 0.495 e. The highest BCUT2D eigenvalue weighted by Gasteiger charge is 2.33. The average Bonchev–Trinajstić information content (AvgIpc) is 2.84. The lowest BCUT2D eigenvalue weighted by Gasteiger charge is -2.31. The Morgan fingerprint density at radius 2 is 0.744 bits per heavy atom. The lowest BCUT2D eigenvalue weighted by Crippen LogP contribution is -2.25. The summed E-state index contributed by atoms with van der Waals surface area (Å²) < 4.78 is 182. The molecule has 8 rings (SSSR count). The van der Waals surface area contributed by atoms with E-state index in [1.807, 2.05) is 45.0 Å². The minimum Gasteiger partial charge on any atom is -0.495 e. The maximum absolute atomic E-state index is 13.9. The van der Waals surface area contributed by atoms with E-state index < -0.39 is 92.2 Å². The quantitative estimate of drug-likeness (QED) is 0.0486. The minimum atomic E-state index is -5.10. The molecule has 0 fully saturated rings. The molecule has 24 heteroatoms. The predicted molar refractivity (Wildman–Crippen MR) is 299 cm³/mol. The Morgan fingerprint density at radius 3 is 1.15 bits per heavy atom. The van der Waals surface area contributed by atoms with E-state index in [0.717, 1.165) is 65.2 Å². The lowest BCUT2D eigenvalue weighted by atomic mass is 9.73. The number of methoxy groups -OCH3 is 1. The number of hydrogen-bond donors (Lipinski definition) is 4. The van der Waals surface area contributed by atoms with E-state index in [1.165, 1.54) is 61.7 Å². The summed E-state index contributed by atoms with van der Waals surface area (Å²) in [6.45, 7) is 7.53. The fourth-order valence-electron chi connectivity index (χ4n) is 8.92. The van der Waals surface area contributed by atoms with Gasteiger partial charge < -0.3 is 24.1 Å². The second kappa shape index (κ2) is 22.8. The van der Waals surface area contributed by atoms with E-state index in [0.29, 0.717) is 22.6 Å². The summed E-state index contributed by atoms with van der Waals surface area (Å²) in [5.41, 5.74) is 2.00. The zero-order valence-electron chi connectivity index (χ0n) is 44.1. The number of carboxylic acids is 1. The number of aryl methyl sites for hydroxylation is 1. The summed E-state index contributed by atoms with van der Waals surface area (Å²) in [5, 5.41) is 9.52. The highest BCUT2D eigenvalue weighted by Crippen LogP contribution is 2.42. The van der Waals surface area contributed by atoms with Crippen LogP contribution in [0.25, 0.3) is 0 Å². The highest BCUT2D eigenvalue weighted by atomic mass is 32.2. The Hall–Kier alpha value is -7.94. The van der Waals surface area contributed by atoms with Gasteiger partial charge in [0.2, 0.25) is 19.7 Å². The molecule has 0 saturated carbocycles. The first-order chi connectivity index (χ1) is 38.3. The Balaban J connectivity index is 0.945. The summed E-state index contributed by atoms with van der Waals surface area (Å²) in [5.74, 6) is -1.23. The third-order valence-corrected chi connectivity index (χ3v) is 19.9. The van der Waals surface area contributed by atoms with Gasteiger partial charge in [0.15, 0.2) is 0 Å². The molecule has 0 aliphatic heterocycles. The second-order valence-electron chi connectivity index (χ2n) is 19.5. The van der Waals surface area contributed by atoms with Crippen molar-refractivity contribution in [3.05, 3.63) is 204 Å². The van der Waals surface area contributed by atoms with Gasteiger partial charge in [-0.1, -0.05) is 80.9 Å². The first-order valence-electron chi connectivity index (χ1n) is 24.4. The molecule has 19 nitrogen and oxygen atoms in total. The molecule has 8 aromatic carbocycles. The van der Waals surface area contributed by atoms with Crippen molar-refractivity contribution in [1.29, 1.82) is 0 Å². The summed E-state index contributed by atoms with van der Waals surface area (Å²) in [7, 11) is -22.4. The van der Waals surface area contributed by atoms with Crippen molar-refractivity contribution in [1.82, 2.24) is 0 Å². The maximum atomic E-state index is 13.9. The summed E-state index contributed by atoms with van der Waals surface area (Å²) in [4.78, 5) is 8.02. The maximum Gasteiger partial charge on any atom is 0.303 e. The van der Waals surface area contributed by atoms with E-state index in [9.17, 15) is 65.6 Å². The predicted octanol–water partition coefficient (Wildman–Crippen LogP) is 11.3. The number of hydrogen-bond acceptors (Lipinski definition) is 15. The van der Waals surface area contributed by atoms with Gasteiger partial charge in [0.25, 0.3) is 30.4 Å². The summed E-state index contributed by atoms with van der Waals surface area (Å²) in [6.07, 6.45) is -0.174. The monoisotopic (exact) mass is 1210 g/mol. The number of carboxylic acid groups (broad SMARTS) is 1. The molecule has 0 aliphatic rings. The normalized spacial score (nSPS) is 13.2. The first-order valence-corrected chi connectivity index (χ1v) is 31.7. The Kier molecular flexibility index (Phi) is 16.7. The highest BCUT2D eigenvalue weighted by molar-refractivity contribution is 7.92. The fourth-order valence-corrected chi connectivity index (χ4v) is 13.6. The van der Waals surface area contributed by atoms with E-state index in [-0.39, 0.29) is 50.5 Å². The van der Waals surface area contributed by atoms with Crippen LogP contribution in [0.1, 0.15) is 61.4 Å². The van der Waals surface area contributed by atoms with Gasteiger partial charge in [0.1, 0.15) is 54.9 Å². The van der Waals surface area contributed by atoms with Crippen LogP contribution >= 0.6 is 0 Å². The number of benzene rings is 8. The topological polar surface area (TPSA) is 306 Å². The molecule has 0 aliphatic carbocycles. The van der Waals surface area contributed by atoms with Gasteiger partial charge in [0.05, 0.1) is 26.7 Å². The van der Waals surface area contributed by atoms with Gasteiger partial charge >= 0.3 is 5.97 Å². The van der Waals surface area contributed by atoms with E-state index in [4.69, 9.17) is 18.9 Å². The summed E-state index contributed by atoms with van der Waals surface area (Å²) >= 11 is 0. The zero-order valence-corrected chi connectivity index (χ0v) is 48.2. The van der Waals surface area contributed by atoms with Crippen molar-refractivity contribution in [2.24, 2.45) is 0 Å². The van der Waals surface area contributed by atoms with Crippen molar-refractivity contribution >= 4 is 56.0 Å². The van der Waals surface area contributed by atoms with Crippen LogP contribution in [0.3, 0.4) is 0 Å². The van der Waals surface area contributed by atoms with Crippen LogP contribution in [-0.4, -0.2) is 73.9 Å². The van der Waals surface area contributed by atoms with Crippen molar-refractivity contribution in [3.63, 3.8) is 0 Å². The van der Waals surface area contributed by atoms with Crippen LogP contribution in [0.15, 0.2) is 210 Å². The number of aliphatic carboxylic acids is 1. The minimum absolute atomic E-state index is 0.0549. The van der Waals surface area contributed by atoms with Crippen molar-refractivity contribution < 1.29 is 84.6 Å². The SMILES string of the molecule is COc1ccc(S(=O)(=O)c2ccc(Oc3ccc(C(C)(C)c4ccc(Oc5ccc(S(=O)(=O)c6ccc(Oc7ccc(C(C)(CCC(=O)O)c8ccc(C)cc8)cc7S(=O)(=O)O)cc6)cc5S(=O)(=O)O)cc4)cc3)cc2)cc1S(=O)(=O)O. The van der Waals surface area contributed by atoms with Gasteiger partial charge in [-0.05, 0) is 157 Å². The molecule has 0 amide bonds. The van der Waals surface area contributed by atoms with Gasteiger partial charge in [-0.25, -0.2) is 16.8 Å². The smallest absolute Gasteiger partial charge is 0.303 e. The molecule has 82 heavy (non-hydrogen) atoms. The second-order valence-corrected chi connectivity index (χ2v) is 27.6. The molecule has 428 valence electrons. The molecule has 0 radical (unpaired) electrons. The van der Waals surface area contributed by atoms with Crippen molar-refractivity contribution in [2.45, 2.75) is 85.6 Å². The van der Waals surface area contributed by atoms with Crippen molar-refractivity contribution in [3.8, 4) is 40.2 Å². The number of carbonyl (C=O) groups is 1. The molecule has 0 heterocycles.